The van der Waals surface area contributed by atoms with Crippen molar-refractivity contribution >= 4 is 37.4 Å². The summed E-state index contributed by atoms with van der Waals surface area (Å²) in [4.78, 5) is 71.6. The van der Waals surface area contributed by atoms with E-state index in [2.05, 4.69) is 10.6 Å². The molecule has 3 rings (SSSR count). The lowest BCUT2D eigenvalue weighted by atomic mass is 9.95. The van der Waals surface area contributed by atoms with Crippen LogP contribution in [0.1, 0.15) is 91.4 Å². The molecule has 0 bridgehead atoms. The molecule has 438 valence electrons. The van der Waals surface area contributed by atoms with Gasteiger partial charge in [-0.1, -0.05) is 38.2 Å². The van der Waals surface area contributed by atoms with Crippen LogP contribution in [-0.4, -0.2) is 231 Å². The number of ether oxygens (including phenoxy) is 8. The fraction of sp³-hybridized carbons (Fsp3) is 0.809. The highest BCUT2D eigenvalue weighted by atomic mass is 31.2. The van der Waals surface area contributed by atoms with Crippen LogP contribution in [0.4, 0.5) is 0 Å². The molecule has 0 aliphatic carbocycles. The number of aliphatic hydroxyl groups is 9. The SMILES string of the molecule is CC/C=C\CC(=O)OCC(COP(=O)(O)OCCNC(=O)CCCCC(=O)CCCCO[C@@H]1OC(CO)[C@@H](O[C@@H]2OC(CO)[C@H](O)[C@H](O[C@H]3OC(CO)[C@H](O)[C@H](O)C3O)C2O)[C@H](O)C1NC(C)=O)OC(=O)C/C=C\CC. The third-order valence-corrected chi connectivity index (χ3v) is 12.9. The number of allylic oxidation sites excluding steroid dienone is 2. The number of phosphoric ester groups is 1. The molecule has 29 heteroatoms. The second-order valence-corrected chi connectivity index (χ2v) is 19.5. The number of hydrogen-bond acceptors (Lipinski definition) is 25. The molecule has 3 saturated heterocycles. The quantitative estimate of drug-likeness (QED) is 0.0133. The number of carbonyl (C=O) groups excluding carboxylic acids is 5. The summed E-state index contributed by atoms with van der Waals surface area (Å²) in [6.07, 6.45) is -15.2. The number of rotatable bonds is 35. The van der Waals surface area contributed by atoms with Gasteiger partial charge in [0.2, 0.25) is 11.8 Å². The van der Waals surface area contributed by atoms with Gasteiger partial charge in [0.15, 0.2) is 25.0 Å². The lowest BCUT2D eigenvalue weighted by molar-refractivity contribution is -0.376. The summed E-state index contributed by atoms with van der Waals surface area (Å²) in [7, 11) is -4.69. The molecule has 0 radical (unpaired) electrons. The molecular formula is C47H79N2O26P. The molecule has 3 aliphatic heterocycles. The maximum atomic E-state index is 12.6. The van der Waals surface area contributed by atoms with Crippen LogP contribution in [0.2, 0.25) is 0 Å². The molecule has 0 aromatic rings. The third kappa shape index (κ3) is 22.7. The average molecular weight is 1120 g/mol. The third-order valence-electron chi connectivity index (χ3n) is 11.9. The van der Waals surface area contributed by atoms with Crippen molar-refractivity contribution in [2.45, 2.75) is 190 Å². The molecule has 0 spiro atoms. The van der Waals surface area contributed by atoms with Crippen LogP contribution >= 0.6 is 7.82 Å². The number of amides is 2. The molecule has 17 atom stereocenters. The highest BCUT2D eigenvalue weighted by molar-refractivity contribution is 7.47. The van der Waals surface area contributed by atoms with Gasteiger partial charge in [0, 0.05) is 39.3 Å². The van der Waals surface area contributed by atoms with Crippen molar-refractivity contribution in [2.75, 3.05) is 52.8 Å². The van der Waals surface area contributed by atoms with Gasteiger partial charge >= 0.3 is 19.8 Å². The van der Waals surface area contributed by atoms with Gasteiger partial charge in [-0.15, -0.1) is 0 Å². The monoisotopic (exact) mass is 1120 g/mol. The van der Waals surface area contributed by atoms with E-state index < -0.39 is 169 Å². The Morgan fingerprint density at radius 3 is 1.80 bits per heavy atom. The Hall–Kier alpha value is -3.46. The molecule has 3 fully saturated rings. The molecule has 3 aliphatic rings. The van der Waals surface area contributed by atoms with Gasteiger partial charge in [-0.3, -0.25) is 33.0 Å². The van der Waals surface area contributed by atoms with E-state index in [1.54, 1.807) is 24.3 Å². The van der Waals surface area contributed by atoms with Crippen LogP contribution in [0.5, 0.6) is 0 Å². The van der Waals surface area contributed by atoms with E-state index in [1.807, 2.05) is 13.8 Å². The molecule has 28 nitrogen and oxygen atoms in total. The summed E-state index contributed by atoms with van der Waals surface area (Å²) in [6, 6.07) is -1.34. The van der Waals surface area contributed by atoms with Crippen molar-refractivity contribution < 1.29 is 126 Å². The van der Waals surface area contributed by atoms with Gasteiger partial charge in [-0.25, -0.2) is 4.57 Å². The lowest BCUT2D eigenvalue weighted by Gasteiger charge is -2.48. The second-order valence-electron chi connectivity index (χ2n) is 18.0. The Bertz CT molecular complexity index is 1860. The summed E-state index contributed by atoms with van der Waals surface area (Å²) in [5, 5.41) is 99.3. The largest absolute Gasteiger partial charge is 0.472 e. The topological polar surface area (TPSA) is 421 Å². The van der Waals surface area contributed by atoms with E-state index in [9.17, 15) is 79.4 Å². The molecule has 3 heterocycles. The molecule has 0 saturated carbocycles. The smallest absolute Gasteiger partial charge is 0.461 e. The van der Waals surface area contributed by atoms with Crippen LogP contribution in [0.25, 0.3) is 0 Å². The lowest BCUT2D eigenvalue weighted by Crippen LogP contribution is -2.68. The number of unbranched alkanes of at least 4 members (excludes halogenated alkanes) is 2. The average Bonchev–Trinajstić information content (AvgIpc) is 3.38. The zero-order valence-electron chi connectivity index (χ0n) is 42.9. The number of esters is 2. The first kappa shape index (κ1) is 66.8. The van der Waals surface area contributed by atoms with Gasteiger partial charge < -0.3 is 99.4 Å². The molecule has 76 heavy (non-hydrogen) atoms. The predicted octanol–water partition coefficient (Wildman–Crippen LogP) is -2.69. The first-order chi connectivity index (χ1) is 36.2. The Balaban J connectivity index is 1.39. The highest BCUT2D eigenvalue weighted by Gasteiger charge is 2.54. The van der Waals surface area contributed by atoms with Crippen molar-refractivity contribution in [1.29, 1.82) is 0 Å². The zero-order valence-corrected chi connectivity index (χ0v) is 43.8. The van der Waals surface area contributed by atoms with Gasteiger partial charge in [0.25, 0.3) is 0 Å². The van der Waals surface area contributed by atoms with Crippen molar-refractivity contribution in [2.24, 2.45) is 0 Å². The molecule has 0 aromatic carbocycles. The Morgan fingerprint density at radius 2 is 1.18 bits per heavy atom. The van der Waals surface area contributed by atoms with E-state index in [0.717, 1.165) is 13.3 Å². The summed E-state index contributed by atoms with van der Waals surface area (Å²) >= 11 is 0. The number of aliphatic hydroxyl groups excluding tert-OH is 9. The van der Waals surface area contributed by atoms with Crippen LogP contribution in [0.15, 0.2) is 24.3 Å². The Morgan fingerprint density at radius 1 is 0.618 bits per heavy atom. The number of nitrogens with one attached hydrogen (secondary N) is 2. The Labute approximate surface area is 440 Å². The minimum Gasteiger partial charge on any atom is -0.461 e. The van der Waals surface area contributed by atoms with Crippen molar-refractivity contribution in [1.82, 2.24) is 10.6 Å². The zero-order chi connectivity index (χ0) is 56.4. The first-order valence-electron chi connectivity index (χ1n) is 25.3. The molecular weight excluding hydrogens is 1040 g/mol. The normalized spacial score (nSPS) is 31.1. The van der Waals surface area contributed by atoms with E-state index >= 15 is 0 Å². The fourth-order valence-electron chi connectivity index (χ4n) is 7.88. The van der Waals surface area contributed by atoms with E-state index in [1.165, 1.54) is 0 Å². The first-order valence-corrected chi connectivity index (χ1v) is 26.8. The van der Waals surface area contributed by atoms with Gasteiger partial charge in [0.1, 0.15) is 85.6 Å². The van der Waals surface area contributed by atoms with E-state index in [0.29, 0.717) is 32.1 Å². The van der Waals surface area contributed by atoms with Crippen LogP contribution < -0.4 is 10.6 Å². The molecule has 2 amide bonds. The summed E-state index contributed by atoms with van der Waals surface area (Å²) < 4.78 is 66.8. The van der Waals surface area contributed by atoms with E-state index in [4.69, 9.17) is 46.9 Å². The minimum atomic E-state index is -4.69. The molecule has 0 aromatic heterocycles. The van der Waals surface area contributed by atoms with Gasteiger partial charge in [0.05, 0.1) is 45.9 Å². The van der Waals surface area contributed by atoms with Crippen molar-refractivity contribution in [3.8, 4) is 0 Å². The van der Waals surface area contributed by atoms with E-state index in [-0.39, 0.29) is 51.0 Å². The number of hydrogen-bond donors (Lipinski definition) is 12. The maximum absolute atomic E-state index is 12.6. The second kappa shape index (κ2) is 35.2. The summed E-state index contributed by atoms with van der Waals surface area (Å²) in [6.45, 7) is 0.776. The van der Waals surface area contributed by atoms with Crippen LogP contribution in [0.3, 0.4) is 0 Å². The van der Waals surface area contributed by atoms with Gasteiger partial charge in [-0.05, 0) is 38.5 Å². The van der Waals surface area contributed by atoms with Gasteiger partial charge in [-0.2, -0.15) is 0 Å². The summed E-state index contributed by atoms with van der Waals surface area (Å²) in [5.74, 6) is -2.40. The highest BCUT2D eigenvalue weighted by Crippen LogP contribution is 2.43. The number of carbonyl (C=O) groups is 5. The standard InChI is InChI=1S/C47H79N2O26P/c1-4-6-8-17-34(56)67-25-29(70-35(57)18-9-7-5-2)26-69-76(64,65)68-21-19-48-33(55)16-11-10-14-28(54)15-12-13-20-66-45-36(49-27(3)53)39(60)43(32(24-52)73-45)74-47-42(63)44(38(59)31(23-51)72-47)75-46-41(62)40(61)37(58)30(22-50)71-46/h6-9,29-32,36-47,50-52,58-63H,4-5,10-26H2,1-3H3,(H,48,55)(H,49,53)(H,64,65)/b8-6-,9-7-/t29?,30?,31?,32?,36?,37-,38-,39+,40-,41?,42?,43+,44-,45+,46+,47-/m0/s1. The number of Topliss-reactive ketones (excluding diaryl/α,β-unsaturated/α-hetero) is 1. The maximum Gasteiger partial charge on any atom is 0.472 e. The van der Waals surface area contributed by atoms with Crippen LogP contribution in [0, 0.1) is 0 Å². The number of phosphoric acid groups is 1. The minimum absolute atomic E-state index is 0.0188. The predicted molar refractivity (Wildman–Crippen MR) is 258 cm³/mol. The number of ketones is 1. The fourth-order valence-corrected chi connectivity index (χ4v) is 8.63. The molecule has 8 unspecified atom stereocenters. The molecule has 12 N–H and O–H groups in total. The van der Waals surface area contributed by atoms with Crippen molar-refractivity contribution in [3.05, 3.63) is 24.3 Å². The Kier molecular flexibility index (Phi) is 31.0. The van der Waals surface area contributed by atoms with Crippen molar-refractivity contribution in [3.63, 3.8) is 0 Å². The summed E-state index contributed by atoms with van der Waals surface area (Å²) in [5.41, 5.74) is 0. The van der Waals surface area contributed by atoms with Crippen LogP contribution in [-0.2, 0) is 75.5 Å².